The van der Waals surface area contributed by atoms with Gasteiger partial charge in [-0.05, 0) is 19.3 Å². The van der Waals surface area contributed by atoms with E-state index in [0.29, 0.717) is 0 Å². The highest BCUT2D eigenvalue weighted by atomic mass is 32.2. The largest absolute Gasteiger partial charge is 0.259 e. The van der Waals surface area contributed by atoms with Gasteiger partial charge in [0, 0.05) is 21.8 Å². The van der Waals surface area contributed by atoms with E-state index < -0.39 is 10.8 Å². The van der Waals surface area contributed by atoms with E-state index in [2.05, 4.69) is 20.8 Å². The molecule has 1 unspecified atom stereocenters. The van der Waals surface area contributed by atoms with Gasteiger partial charge in [-0.3, -0.25) is 4.21 Å². The maximum Gasteiger partial charge on any atom is 0.0448 e. The second kappa shape index (κ2) is 2.65. The SMILES string of the molecule is CS(=O)C(C)(C)C(C)(C)C. The molecule has 0 N–H and O–H groups in total. The molecule has 62 valence electrons. The number of rotatable bonds is 1. The average Bonchev–Trinajstić information content (AvgIpc) is 1.62. The molecule has 0 bridgehead atoms. The minimum Gasteiger partial charge on any atom is -0.259 e. The monoisotopic (exact) mass is 162 g/mol. The first-order valence-electron chi connectivity index (χ1n) is 3.53. The Morgan fingerprint density at radius 2 is 1.30 bits per heavy atom. The van der Waals surface area contributed by atoms with Gasteiger partial charge in [-0.2, -0.15) is 0 Å². The van der Waals surface area contributed by atoms with Crippen molar-refractivity contribution in [2.45, 2.75) is 39.4 Å². The molecule has 0 saturated carbocycles. The lowest BCUT2D eigenvalue weighted by molar-refractivity contribution is 0.313. The zero-order valence-electron chi connectivity index (χ0n) is 7.82. The lowest BCUT2D eigenvalue weighted by atomic mass is 9.83. The maximum absolute atomic E-state index is 11.2. The summed E-state index contributed by atoms with van der Waals surface area (Å²) in [6, 6.07) is 0. The van der Waals surface area contributed by atoms with Crippen molar-refractivity contribution in [1.82, 2.24) is 0 Å². The van der Waals surface area contributed by atoms with Gasteiger partial charge in [0.1, 0.15) is 0 Å². The molecule has 0 aromatic rings. The molecular formula is C8H18OS. The van der Waals surface area contributed by atoms with Crippen LogP contribution in [0.3, 0.4) is 0 Å². The van der Waals surface area contributed by atoms with Crippen LogP contribution in [0.1, 0.15) is 34.6 Å². The summed E-state index contributed by atoms with van der Waals surface area (Å²) < 4.78 is 11.1. The summed E-state index contributed by atoms with van der Waals surface area (Å²) in [5.41, 5.74) is 0.118. The normalized spacial score (nSPS) is 17.0. The summed E-state index contributed by atoms with van der Waals surface area (Å²) in [4.78, 5) is 0. The van der Waals surface area contributed by atoms with Crippen molar-refractivity contribution in [3.8, 4) is 0 Å². The first kappa shape index (κ1) is 10.2. The minimum atomic E-state index is -0.745. The number of hydrogen-bond acceptors (Lipinski definition) is 1. The van der Waals surface area contributed by atoms with Crippen LogP contribution < -0.4 is 0 Å². The van der Waals surface area contributed by atoms with Crippen LogP contribution in [-0.4, -0.2) is 15.2 Å². The Morgan fingerprint density at radius 3 is 1.30 bits per heavy atom. The Hall–Kier alpha value is 0.150. The summed E-state index contributed by atoms with van der Waals surface area (Å²) in [6.45, 7) is 10.4. The molecule has 0 aromatic carbocycles. The van der Waals surface area contributed by atoms with E-state index in [0.717, 1.165) is 0 Å². The zero-order chi connectivity index (χ0) is 8.58. The Morgan fingerprint density at radius 1 is 1.00 bits per heavy atom. The van der Waals surface area contributed by atoms with Crippen LogP contribution in [0.25, 0.3) is 0 Å². The van der Waals surface area contributed by atoms with Gasteiger partial charge in [-0.1, -0.05) is 20.8 Å². The minimum absolute atomic E-state index is 0.0903. The van der Waals surface area contributed by atoms with Crippen molar-refractivity contribution in [2.75, 3.05) is 6.26 Å². The zero-order valence-corrected chi connectivity index (χ0v) is 8.63. The molecule has 0 aliphatic heterocycles. The van der Waals surface area contributed by atoms with Crippen molar-refractivity contribution in [3.63, 3.8) is 0 Å². The number of hydrogen-bond donors (Lipinski definition) is 0. The summed E-state index contributed by atoms with van der Waals surface area (Å²) >= 11 is 0. The van der Waals surface area contributed by atoms with Crippen LogP contribution in [0.5, 0.6) is 0 Å². The molecule has 0 aromatic heterocycles. The van der Waals surface area contributed by atoms with Gasteiger partial charge in [0.05, 0.1) is 0 Å². The second-order valence-corrected chi connectivity index (χ2v) is 6.14. The quantitative estimate of drug-likeness (QED) is 0.577. The van der Waals surface area contributed by atoms with Crippen molar-refractivity contribution < 1.29 is 4.21 Å². The van der Waals surface area contributed by atoms with Crippen molar-refractivity contribution >= 4 is 10.8 Å². The van der Waals surface area contributed by atoms with Gasteiger partial charge in [0.2, 0.25) is 0 Å². The Kier molecular flexibility index (Phi) is 2.69. The average molecular weight is 162 g/mol. The molecule has 0 heterocycles. The van der Waals surface area contributed by atoms with Crippen LogP contribution in [0.15, 0.2) is 0 Å². The molecule has 0 amide bonds. The second-order valence-electron chi connectivity index (χ2n) is 4.21. The van der Waals surface area contributed by atoms with Gasteiger partial charge >= 0.3 is 0 Å². The third kappa shape index (κ3) is 1.82. The fourth-order valence-corrected chi connectivity index (χ4v) is 1.29. The molecule has 0 radical (unpaired) electrons. The summed E-state index contributed by atoms with van der Waals surface area (Å²) in [7, 11) is -0.745. The molecular weight excluding hydrogens is 144 g/mol. The summed E-state index contributed by atoms with van der Waals surface area (Å²) in [5.74, 6) is 0. The third-order valence-corrected chi connectivity index (χ3v) is 4.57. The van der Waals surface area contributed by atoms with E-state index >= 15 is 0 Å². The summed E-state index contributed by atoms with van der Waals surface area (Å²) in [6.07, 6.45) is 1.77. The fraction of sp³-hybridized carbons (Fsp3) is 1.00. The lowest BCUT2D eigenvalue weighted by Gasteiger charge is -2.36. The lowest BCUT2D eigenvalue weighted by Crippen LogP contribution is -2.40. The van der Waals surface area contributed by atoms with Gasteiger partial charge in [-0.25, -0.2) is 0 Å². The van der Waals surface area contributed by atoms with Crippen LogP contribution in [0, 0.1) is 5.41 Å². The van der Waals surface area contributed by atoms with Gasteiger partial charge in [0.25, 0.3) is 0 Å². The Balaban J connectivity index is 4.57. The molecule has 1 atom stereocenters. The van der Waals surface area contributed by atoms with Crippen LogP contribution >= 0.6 is 0 Å². The van der Waals surface area contributed by atoms with Gasteiger partial charge < -0.3 is 0 Å². The third-order valence-electron chi connectivity index (χ3n) is 2.52. The molecule has 10 heavy (non-hydrogen) atoms. The maximum atomic E-state index is 11.2. The molecule has 0 saturated heterocycles. The van der Waals surface area contributed by atoms with E-state index in [-0.39, 0.29) is 10.2 Å². The highest BCUT2D eigenvalue weighted by Crippen LogP contribution is 2.33. The van der Waals surface area contributed by atoms with Crippen LogP contribution in [0.4, 0.5) is 0 Å². The van der Waals surface area contributed by atoms with E-state index in [1.165, 1.54) is 0 Å². The molecule has 2 heteroatoms. The topological polar surface area (TPSA) is 17.1 Å². The van der Waals surface area contributed by atoms with Crippen molar-refractivity contribution in [3.05, 3.63) is 0 Å². The Bertz CT molecular complexity index is 142. The van der Waals surface area contributed by atoms with Gasteiger partial charge in [-0.15, -0.1) is 0 Å². The predicted octanol–water partition coefficient (Wildman–Crippen LogP) is 2.19. The molecule has 0 aliphatic carbocycles. The van der Waals surface area contributed by atoms with Crippen LogP contribution in [-0.2, 0) is 10.8 Å². The van der Waals surface area contributed by atoms with Crippen molar-refractivity contribution in [2.24, 2.45) is 5.41 Å². The Labute approximate surface area is 66.7 Å². The first-order valence-corrected chi connectivity index (χ1v) is 5.09. The standard InChI is InChI=1S/C8H18OS/c1-7(2,3)8(4,5)10(6)9/h1-6H3. The predicted molar refractivity (Wildman–Crippen MR) is 47.6 cm³/mol. The highest BCUT2D eigenvalue weighted by Gasteiger charge is 2.36. The highest BCUT2D eigenvalue weighted by molar-refractivity contribution is 7.85. The fourth-order valence-electron chi connectivity index (χ4n) is 0.431. The smallest absolute Gasteiger partial charge is 0.0448 e. The van der Waals surface area contributed by atoms with Crippen LogP contribution in [0.2, 0.25) is 0 Å². The molecule has 0 spiro atoms. The van der Waals surface area contributed by atoms with E-state index in [1.54, 1.807) is 6.26 Å². The summed E-state index contributed by atoms with van der Waals surface area (Å²) in [5, 5.41) is 0. The first-order chi connectivity index (χ1) is 4.19. The molecule has 0 aliphatic rings. The van der Waals surface area contributed by atoms with E-state index in [9.17, 15) is 4.21 Å². The molecule has 0 rings (SSSR count). The molecule has 0 fully saturated rings. The van der Waals surface area contributed by atoms with E-state index in [1.807, 2.05) is 13.8 Å². The molecule has 1 nitrogen and oxygen atoms in total. The van der Waals surface area contributed by atoms with E-state index in [4.69, 9.17) is 0 Å². The van der Waals surface area contributed by atoms with Gasteiger partial charge in [0.15, 0.2) is 0 Å². The van der Waals surface area contributed by atoms with Crippen molar-refractivity contribution in [1.29, 1.82) is 0 Å².